The summed E-state index contributed by atoms with van der Waals surface area (Å²) in [5.41, 5.74) is 2.62. The van der Waals surface area contributed by atoms with E-state index in [2.05, 4.69) is 9.88 Å². The van der Waals surface area contributed by atoms with Crippen LogP contribution >= 0.6 is 11.6 Å². The van der Waals surface area contributed by atoms with E-state index in [1.165, 1.54) is 43.1 Å². The zero-order chi connectivity index (χ0) is 19.9. The highest BCUT2D eigenvalue weighted by Gasteiger charge is 2.37. The van der Waals surface area contributed by atoms with Gasteiger partial charge in [0.25, 0.3) is 5.56 Å². The van der Waals surface area contributed by atoms with Gasteiger partial charge in [-0.3, -0.25) is 4.79 Å². The van der Waals surface area contributed by atoms with E-state index in [-0.39, 0.29) is 17.2 Å². The van der Waals surface area contributed by atoms with E-state index in [0.29, 0.717) is 28.1 Å². The molecule has 0 unspecified atom stereocenters. The molecule has 4 rings (SSSR count). The molecule has 1 aliphatic carbocycles. The number of aliphatic hydroxyl groups excluding tert-OH is 1. The van der Waals surface area contributed by atoms with Crippen LogP contribution in [-0.4, -0.2) is 32.7 Å². The number of nitrogens with zero attached hydrogens (tertiary/aromatic N) is 4. The van der Waals surface area contributed by atoms with Crippen LogP contribution in [0.25, 0.3) is 11.3 Å². The fourth-order valence-corrected chi connectivity index (χ4v) is 5.04. The maximum atomic E-state index is 12.2. The molecule has 2 aromatic heterocycles. The molecule has 1 aliphatic heterocycles. The van der Waals surface area contributed by atoms with Gasteiger partial charge in [-0.15, -0.1) is 0 Å². The molecule has 0 bridgehead atoms. The molecular weight excluding hydrogens is 376 g/mol. The third kappa shape index (κ3) is 3.33. The van der Waals surface area contributed by atoms with Crippen molar-refractivity contribution < 1.29 is 5.11 Å². The third-order valence-corrected chi connectivity index (χ3v) is 6.89. The predicted octanol–water partition coefficient (Wildman–Crippen LogP) is 3.46. The molecule has 7 heteroatoms. The topological polar surface area (TPSA) is 71.2 Å². The van der Waals surface area contributed by atoms with Gasteiger partial charge in [-0.2, -0.15) is 0 Å². The Balaban J connectivity index is 1.67. The maximum Gasteiger partial charge on any atom is 0.269 e. The van der Waals surface area contributed by atoms with Crippen LogP contribution in [0, 0.1) is 12.3 Å². The molecule has 6 nitrogen and oxygen atoms in total. The van der Waals surface area contributed by atoms with E-state index in [9.17, 15) is 9.90 Å². The lowest BCUT2D eigenvalue weighted by molar-refractivity contribution is 0.225. The van der Waals surface area contributed by atoms with Gasteiger partial charge in [0.15, 0.2) is 5.82 Å². The van der Waals surface area contributed by atoms with Crippen molar-refractivity contribution in [1.82, 2.24) is 14.5 Å². The molecule has 0 radical (unpaired) electrons. The Morgan fingerprint density at radius 2 is 1.86 bits per heavy atom. The highest BCUT2D eigenvalue weighted by molar-refractivity contribution is 6.33. The Kier molecular flexibility index (Phi) is 5.19. The largest absolute Gasteiger partial charge is 0.390 e. The smallest absolute Gasteiger partial charge is 0.269 e. The summed E-state index contributed by atoms with van der Waals surface area (Å²) in [6.45, 7) is 3.59. The van der Waals surface area contributed by atoms with Gasteiger partial charge in [0.05, 0.1) is 18.0 Å². The van der Waals surface area contributed by atoms with Crippen molar-refractivity contribution >= 4 is 17.4 Å². The van der Waals surface area contributed by atoms with Crippen LogP contribution < -0.4 is 10.5 Å². The van der Waals surface area contributed by atoms with Crippen molar-refractivity contribution in [2.24, 2.45) is 12.5 Å². The van der Waals surface area contributed by atoms with E-state index >= 15 is 0 Å². The molecule has 3 heterocycles. The number of hydrogen-bond donors (Lipinski definition) is 1. The summed E-state index contributed by atoms with van der Waals surface area (Å²) in [7, 11) is 1.66. The second-order valence-electron chi connectivity index (χ2n) is 8.24. The second-order valence-corrected chi connectivity index (χ2v) is 8.62. The summed E-state index contributed by atoms with van der Waals surface area (Å²) in [4.78, 5) is 23.9. The Morgan fingerprint density at radius 3 is 2.50 bits per heavy atom. The number of aliphatic hydroxyl groups is 1. The molecule has 2 aromatic rings. The molecular formula is C21H27ClN4O2. The molecule has 1 N–H and O–H groups in total. The standard InChI is InChI=1S/C21H27ClN4O2/c1-14-18(15-5-10-25(2)20(28)17(15)22)24-16(13-27)19(23-14)26-11-8-21(9-12-26)6-3-4-7-21/h5,10,27H,3-4,6-9,11-13H2,1-2H3. The molecule has 0 atom stereocenters. The zero-order valence-corrected chi connectivity index (χ0v) is 17.3. The number of pyridine rings is 1. The first-order valence-corrected chi connectivity index (χ1v) is 10.4. The van der Waals surface area contributed by atoms with Gasteiger partial charge in [0.1, 0.15) is 10.7 Å². The van der Waals surface area contributed by atoms with E-state index < -0.39 is 0 Å². The summed E-state index contributed by atoms with van der Waals surface area (Å²) < 4.78 is 1.43. The van der Waals surface area contributed by atoms with Crippen molar-refractivity contribution in [3.63, 3.8) is 0 Å². The van der Waals surface area contributed by atoms with Gasteiger partial charge < -0.3 is 14.6 Å². The molecule has 0 aromatic carbocycles. The molecule has 0 amide bonds. The van der Waals surface area contributed by atoms with Gasteiger partial charge in [-0.1, -0.05) is 24.4 Å². The fraction of sp³-hybridized carbons (Fsp3) is 0.571. The van der Waals surface area contributed by atoms with Crippen molar-refractivity contribution in [2.75, 3.05) is 18.0 Å². The highest BCUT2D eigenvalue weighted by Crippen LogP contribution is 2.46. The highest BCUT2D eigenvalue weighted by atomic mass is 35.5. The van der Waals surface area contributed by atoms with Crippen LogP contribution in [0.2, 0.25) is 5.02 Å². The number of halogens is 1. The van der Waals surface area contributed by atoms with Crippen LogP contribution in [0.15, 0.2) is 17.1 Å². The minimum atomic E-state index is -0.270. The second kappa shape index (κ2) is 7.48. The summed E-state index contributed by atoms with van der Waals surface area (Å²) in [6.07, 6.45) is 9.43. The first-order valence-electron chi connectivity index (χ1n) is 10.0. The number of rotatable bonds is 3. The lowest BCUT2D eigenvalue weighted by atomic mass is 9.77. The van der Waals surface area contributed by atoms with Crippen LogP contribution in [0.5, 0.6) is 0 Å². The van der Waals surface area contributed by atoms with Gasteiger partial charge in [-0.05, 0) is 44.1 Å². The Bertz CT molecular complexity index is 940. The lowest BCUT2D eigenvalue weighted by Crippen LogP contribution is -2.40. The predicted molar refractivity (Wildman–Crippen MR) is 111 cm³/mol. The normalized spacial score (nSPS) is 18.8. The summed E-state index contributed by atoms with van der Waals surface area (Å²) in [5.74, 6) is 0.761. The number of aryl methyl sites for hydroxylation is 2. The Labute approximate surface area is 170 Å². The van der Waals surface area contributed by atoms with E-state index in [1.54, 1.807) is 19.3 Å². The minimum Gasteiger partial charge on any atom is -0.390 e. The number of anilines is 1. The van der Waals surface area contributed by atoms with Crippen molar-refractivity contribution in [1.29, 1.82) is 0 Å². The molecule has 1 saturated carbocycles. The van der Waals surface area contributed by atoms with Crippen molar-refractivity contribution in [3.05, 3.63) is 39.0 Å². The lowest BCUT2D eigenvalue weighted by Gasteiger charge is -2.40. The maximum absolute atomic E-state index is 12.2. The van der Waals surface area contributed by atoms with Gasteiger partial charge in [0.2, 0.25) is 0 Å². The summed E-state index contributed by atoms with van der Waals surface area (Å²) >= 11 is 6.28. The quantitative estimate of drug-likeness (QED) is 0.851. The molecule has 1 saturated heterocycles. The minimum absolute atomic E-state index is 0.125. The van der Waals surface area contributed by atoms with Gasteiger partial charge in [-0.25, -0.2) is 9.97 Å². The number of aromatic nitrogens is 3. The average molecular weight is 403 g/mol. The van der Waals surface area contributed by atoms with Gasteiger partial charge in [0, 0.05) is 31.9 Å². The van der Waals surface area contributed by atoms with Gasteiger partial charge >= 0.3 is 0 Å². The van der Waals surface area contributed by atoms with Crippen LogP contribution in [0.1, 0.15) is 49.9 Å². The first-order chi connectivity index (χ1) is 13.4. The van der Waals surface area contributed by atoms with Crippen molar-refractivity contribution in [3.8, 4) is 11.3 Å². The first kappa shape index (κ1) is 19.4. The number of piperidine rings is 1. The summed E-state index contributed by atoms with van der Waals surface area (Å²) in [6, 6.07) is 1.77. The average Bonchev–Trinajstić information content (AvgIpc) is 3.15. The van der Waals surface area contributed by atoms with Crippen molar-refractivity contribution in [2.45, 2.75) is 52.1 Å². The zero-order valence-electron chi connectivity index (χ0n) is 16.5. The molecule has 2 aliphatic rings. The monoisotopic (exact) mass is 402 g/mol. The van der Waals surface area contributed by atoms with Crippen LogP contribution in [0.3, 0.4) is 0 Å². The molecule has 1 spiro atoms. The molecule has 150 valence electrons. The SMILES string of the molecule is Cc1nc(N2CCC3(CCCC3)CC2)c(CO)nc1-c1ccn(C)c(=O)c1Cl. The Morgan fingerprint density at radius 1 is 1.18 bits per heavy atom. The van der Waals surface area contributed by atoms with E-state index in [4.69, 9.17) is 16.6 Å². The number of hydrogen-bond acceptors (Lipinski definition) is 5. The third-order valence-electron chi connectivity index (χ3n) is 6.52. The van der Waals surface area contributed by atoms with E-state index in [0.717, 1.165) is 18.9 Å². The summed E-state index contributed by atoms with van der Waals surface area (Å²) in [5, 5.41) is 10.1. The van der Waals surface area contributed by atoms with Crippen LogP contribution in [-0.2, 0) is 13.7 Å². The molecule has 2 fully saturated rings. The van der Waals surface area contributed by atoms with E-state index in [1.807, 2.05) is 6.92 Å². The Hall–Kier alpha value is -1.92. The van der Waals surface area contributed by atoms with Crippen LogP contribution in [0.4, 0.5) is 5.82 Å². The fourth-order valence-electron chi connectivity index (χ4n) is 4.75. The molecule has 28 heavy (non-hydrogen) atoms.